The van der Waals surface area contributed by atoms with Crippen LogP contribution in [0.1, 0.15) is 67.1 Å². The number of rotatable bonds is 10. The smallest absolute Gasteiger partial charge is 0.277 e. The van der Waals surface area contributed by atoms with Crippen molar-refractivity contribution in [3.8, 4) is 0 Å². The Hall–Kier alpha value is -3.29. The molecule has 2 aromatic rings. The fourth-order valence-corrected chi connectivity index (χ4v) is 3.03. The lowest BCUT2D eigenvalue weighted by Crippen LogP contribution is -2.26. The zero-order valence-electron chi connectivity index (χ0n) is 16.6. The van der Waals surface area contributed by atoms with Crippen molar-refractivity contribution in [3.05, 3.63) is 79.4 Å². The molecule has 154 valence electrons. The van der Waals surface area contributed by atoms with Crippen LogP contribution in [-0.4, -0.2) is 15.8 Å². The van der Waals surface area contributed by atoms with Crippen LogP contribution < -0.4 is 5.32 Å². The van der Waals surface area contributed by atoms with Crippen LogP contribution in [0.2, 0.25) is 0 Å². The molecule has 0 spiro atoms. The lowest BCUT2D eigenvalue weighted by molar-refractivity contribution is -0.394. The molecule has 8 heteroatoms. The Morgan fingerprint density at radius 2 is 1.55 bits per heavy atom. The van der Waals surface area contributed by atoms with Crippen molar-refractivity contribution in [2.75, 3.05) is 0 Å². The summed E-state index contributed by atoms with van der Waals surface area (Å²) >= 11 is 0. The lowest BCUT2D eigenvalue weighted by atomic mass is 10.0. The van der Waals surface area contributed by atoms with Crippen LogP contribution in [0.25, 0.3) is 0 Å². The van der Waals surface area contributed by atoms with Crippen molar-refractivity contribution in [2.24, 2.45) is 0 Å². The molecule has 0 heterocycles. The number of hydrogen-bond donors (Lipinski definition) is 1. The van der Waals surface area contributed by atoms with Gasteiger partial charge < -0.3 is 5.32 Å². The van der Waals surface area contributed by atoms with Crippen LogP contribution in [0.4, 0.5) is 11.4 Å². The second-order valence-corrected chi connectivity index (χ2v) is 7.00. The van der Waals surface area contributed by atoms with E-state index in [0.29, 0.717) is 0 Å². The number of carbonyl (C=O) groups is 1. The van der Waals surface area contributed by atoms with E-state index in [2.05, 4.69) is 12.2 Å². The Labute approximate surface area is 169 Å². The van der Waals surface area contributed by atoms with E-state index in [1.165, 1.54) is 24.8 Å². The number of amides is 1. The van der Waals surface area contributed by atoms with E-state index in [1.54, 1.807) is 6.92 Å². The molecule has 8 nitrogen and oxygen atoms in total. The third-order valence-corrected chi connectivity index (χ3v) is 4.73. The zero-order valence-corrected chi connectivity index (χ0v) is 16.6. The topological polar surface area (TPSA) is 115 Å². The number of unbranched alkanes of at least 4 members (excludes halogenated alkanes) is 3. The molecule has 0 unspecified atom stereocenters. The summed E-state index contributed by atoms with van der Waals surface area (Å²) in [5.41, 5.74) is 1.01. The van der Waals surface area contributed by atoms with E-state index in [-0.39, 0.29) is 11.6 Å². The van der Waals surface area contributed by atoms with E-state index >= 15 is 0 Å². The maximum absolute atomic E-state index is 12.5. The number of nitro benzene ring substituents is 2. The molecule has 0 fully saturated rings. The number of nitro groups is 2. The summed E-state index contributed by atoms with van der Waals surface area (Å²) < 4.78 is 0. The van der Waals surface area contributed by atoms with Crippen LogP contribution >= 0.6 is 0 Å². The molecule has 1 amide bonds. The minimum atomic E-state index is -0.757. The maximum atomic E-state index is 12.5. The van der Waals surface area contributed by atoms with Crippen molar-refractivity contribution < 1.29 is 14.6 Å². The van der Waals surface area contributed by atoms with Crippen molar-refractivity contribution in [1.29, 1.82) is 0 Å². The molecule has 2 aromatic carbocycles. The molecule has 0 saturated carbocycles. The van der Waals surface area contributed by atoms with E-state index in [0.717, 1.165) is 36.6 Å². The minimum Gasteiger partial charge on any atom is -0.346 e. The van der Waals surface area contributed by atoms with Gasteiger partial charge in [-0.2, -0.15) is 0 Å². The van der Waals surface area contributed by atoms with Crippen molar-refractivity contribution in [2.45, 2.75) is 52.0 Å². The molecule has 29 heavy (non-hydrogen) atoms. The van der Waals surface area contributed by atoms with Gasteiger partial charge in [-0.15, -0.1) is 0 Å². The Morgan fingerprint density at radius 3 is 2.07 bits per heavy atom. The highest BCUT2D eigenvalue weighted by Crippen LogP contribution is 2.23. The SMILES string of the molecule is CCCCCCc1ccc([C@H](C)NC(=O)c2cc([N+](=O)[O-])cc([N+](=O)[O-])c2)cc1. The van der Waals surface area contributed by atoms with Gasteiger partial charge in [0.15, 0.2) is 0 Å². The second kappa shape index (κ2) is 10.3. The monoisotopic (exact) mass is 399 g/mol. The molecule has 0 aromatic heterocycles. The highest BCUT2D eigenvalue weighted by Gasteiger charge is 2.21. The Balaban J connectivity index is 2.06. The van der Waals surface area contributed by atoms with Gasteiger partial charge >= 0.3 is 0 Å². The van der Waals surface area contributed by atoms with Gasteiger partial charge in [0.2, 0.25) is 0 Å². The molecule has 0 saturated heterocycles. The quantitative estimate of drug-likeness (QED) is 0.338. The molecule has 0 bridgehead atoms. The summed E-state index contributed by atoms with van der Waals surface area (Å²) in [5.74, 6) is -0.604. The van der Waals surface area contributed by atoms with Crippen LogP contribution in [0.5, 0.6) is 0 Å². The molecule has 1 N–H and O–H groups in total. The standard InChI is InChI=1S/C21H25N3O5/c1-3-4-5-6-7-16-8-10-17(11-9-16)15(2)22-21(25)18-12-19(23(26)27)14-20(13-18)24(28)29/h8-15H,3-7H2,1-2H3,(H,22,25)/t15-/m0/s1. The Kier molecular flexibility index (Phi) is 7.82. The predicted molar refractivity (Wildman–Crippen MR) is 110 cm³/mol. The van der Waals surface area contributed by atoms with Crippen LogP contribution in [0.3, 0.4) is 0 Å². The van der Waals surface area contributed by atoms with Gasteiger partial charge in [0.1, 0.15) is 0 Å². The van der Waals surface area contributed by atoms with E-state index in [4.69, 9.17) is 0 Å². The number of aryl methyl sites for hydroxylation is 1. The van der Waals surface area contributed by atoms with E-state index in [9.17, 15) is 25.0 Å². The Morgan fingerprint density at radius 1 is 0.966 bits per heavy atom. The first-order chi connectivity index (χ1) is 13.8. The number of non-ortho nitro benzene ring substituents is 2. The normalized spacial score (nSPS) is 11.7. The Bertz CT molecular complexity index is 848. The van der Waals surface area contributed by atoms with Gasteiger partial charge in [0.05, 0.1) is 27.5 Å². The van der Waals surface area contributed by atoms with Crippen LogP contribution in [0, 0.1) is 20.2 Å². The highest BCUT2D eigenvalue weighted by molar-refractivity contribution is 5.95. The molecule has 1 atom stereocenters. The predicted octanol–water partition coefficient (Wildman–Crippen LogP) is 5.12. The third-order valence-electron chi connectivity index (χ3n) is 4.73. The number of nitrogens with one attached hydrogen (secondary N) is 1. The molecule has 0 aliphatic rings. The van der Waals surface area contributed by atoms with E-state index in [1.807, 2.05) is 24.3 Å². The molecular weight excluding hydrogens is 374 g/mol. The van der Waals surface area contributed by atoms with E-state index < -0.39 is 27.1 Å². The number of carbonyl (C=O) groups excluding carboxylic acids is 1. The summed E-state index contributed by atoms with van der Waals surface area (Å²) in [4.78, 5) is 33.0. The molecule has 2 rings (SSSR count). The van der Waals surface area contributed by atoms with Crippen molar-refractivity contribution >= 4 is 17.3 Å². The molecule has 0 radical (unpaired) electrons. The minimum absolute atomic E-state index is 0.120. The maximum Gasteiger partial charge on any atom is 0.277 e. The van der Waals surface area contributed by atoms with Gasteiger partial charge in [-0.1, -0.05) is 50.5 Å². The summed E-state index contributed by atoms with van der Waals surface area (Å²) in [6, 6.07) is 10.5. The summed E-state index contributed by atoms with van der Waals surface area (Å²) in [7, 11) is 0. The molecule has 0 aliphatic carbocycles. The largest absolute Gasteiger partial charge is 0.346 e. The number of benzene rings is 2. The molecule has 0 aliphatic heterocycles. The average Bonchev–Trinajstić information content (AvgIpc) is 2.71. The highest BCUT2D eigenvalue weighted by atomic mass is 16.6. The fraction of sp³-hybridized carbons (Fsp3) is 0.381. The number of hydrogen-bond acceptors (Lipinski definition) is 5. The number of nitrogens with zero attached hydrogens (tertiary/aromatic N) is 2. The van der Waals surface area contributed by atoms with Crippen LogP contribution in [-0.2, 0) is 6.42 Å². The van der Waals surface area contributed by atoms with Crippen molar-refractivity contribution in [3.63, 3.8) is 0 Å². The summed E-state index contributed by atoms with van der Waals surface area (Å²) in [6.07, 6.45) is 5.80. The van der Waals surface area contributed by atoms with Gasteiger partial charge in [-0.3, -0.25) is 25.0 Å². The van der Waals surface area contributed by atoms with Gasteiger partial charge in [0.25, 0.3) is 17.3 Å². The first-order valence-electron chi connectivity index (χ1n) is 9.65. The van der Waals surface area contributed by atoms with Crippen LogP contribution in [0.15, 0.2) is 42.5 Å². The summed E-state index contributed by atoms with van der Waals surface area (Å²) in [5, 5.41) is 24.7. The van der Waals surface area contributed by atoms with Gasteiger partial charge in [-0.05, 0) is 30.9 Å². The zero-order chi connectivity index (χ0) is 21.4. The second-order valence-electron chi connectivity index (χ2n) is 7.00. The molecular formula is C21H25N3O5. The first-order valence-corrected chi connectivity index (χ1v) is 9.65. The summed E-state index contributed by atoms with van der Waals surface area (Å²) in [6.45, 7) is 3.97. The van der Waals surface area contributed by atoms with Gasteiger partial charge in [0, 0.05) is 12.1 Å². The third kappa shape index (κ3) is 6.38. The lowest BCUT2D eigenvalue weighted by Gasteiger charge is -2.15. The first kappa shape index (κ1) is 22.0. The van der Waals surface area contributed by atoms with Crippen molar-refractivity contribution in [1.82, 2.24) is 5.32 Å². The average molecular weight is 399 g/mol. The van der Waals surface area contributed by atoms with Gasteiger partial charge in [-0.25, -0.2) is 0 Å². The fourth-order valence-electron chi connectivity index (χ4n) is 3.03.